The van der Waals surface area contributed by atoms with Gasteiger partial charge in [0.2, 0.25) is 0 Å². The SMILES string of the molecule is CCc1nc(N2CC3CNCC3C2)cc(=O)[nH]1. The first-order valence-corrected chi connectivity index (χ1v) is 6.32. The summed E-state index contributed by atoms with van der Waals surface area (Å²) in [4.78, 5) is 21.1. The van der Waals surface area contributed by atoms with E-state index >= 15 is 0 Å². The molecule has 3 heterocycles. The Morgan fingerprint density at radius 3 is 2.76 bits per heavy atom. The molecule has 0 spiro atoms. The van der Waals surface area contributed by atoms with Crippen LogP contribution in [0.2, 0.25) is 0 Å². The molecular weight excluding hydrogens is 216 g/mol. The molecule has 1 aromatic rings. The Balaban J connectivity index is 1.85. The summed E-state index contributed by atoms with van der Waals surface area (Å²) >= 11 is 0. The molecule has 2 N–H and O–H groups in total. The zero-order valence-electron chi connectivity index (χ0n) is 10.1. The van der Waals surface area contributed by atoms with Gasteiger partial charge in [-0.3, -0.25) is 4.79 Å². The average Bonchev–Trinajstić information content (AvgIpc) is 2.88. The lowest BCUT2D eigenvalue weighted by Crippen LogP contribution is -2.28. The van der Waals surface area contributed by atoms with Crippen LogP contribution in [0.25, 0.3) is 0 Å². The van der Waals surface area contributed by atoms with Gasteiger partial charge in [-0.05, 0) is 11.8 Å². The van der Waals surface area contributed by atoms with Crippen molar-refractivity contribution in [3.8, 4) is 0 Å². The minimum absolute atomic E-state index is 0.0398. The topological polar surface area (TPSA) is 61.0 Å². The largest absolute Gasteiger partial charge is 0.356 e. The Bertz CT molecular complexity index is 458. The molecule has 2 aliphatic rings. The van der Waals surface area contributed by atoms with Crippen LogP contribution in [-0.2, 0) is 6.42 Å². The van der Waals surface area contributed by atoms with Crippen LogP contribution in [0.5, 0.6) is 0 Å². The Hall–Kier alpha value is -1.36. The summed E-state index contributed by atoms with van der Waals surface area (Å²) in [6.07, 6.45) is 0.769. The van der Waals surface area contributed by atoms with E-state index in [1.807, 2.05) is 6.92 Å². The van der Waals surface area contributed by atoms with Crippen LogP contribution in [0.4, 0.5) is 5.82 Å². The van der Waals surface area contributed by atoms with Gasteiger partial charge in [0.05, 0.1) is 0 Å². The monoisotopic (exact) mass is 234 g/mol. The second-order valence-electron chi connectivity index (χ2n) is 4.99. The number of aromatic nitrogens is 2. The molecule has 3 rings (SSSR count). The van der Waals surface area contributed by atoms with E-state index < -0.39 is 0 Å². The van der Waals surface area contributed by atoms with E-state index in [2.05, 4.69) is 20.2 Å². The molecule has 2 fully saturated rings. The molecule has 0 radical (unpaired) electrons. The van der Waals surface area contributed by atoms with Gasteiger partial charge in [0.1, 0.15) is 11.6 Å². The van der Waals surface area contributed by atoms with Gasteiger partial charge in [0, 0.05) is 38.7 Å². The maximum Gasteiger partial charge on any atom is 0.252 e. The third-order valence-electron chi connectivity index (χ3n) is 3.83. The number of nitrogens with zero attached hydrogens (tertiary/aromatic N) is 2. The first kappa shape index (κ1) is 10.8. The molecule has 1 aromatic heterocycles. The summed E-state index contributed by atoms with van der Waals surface area (Å²) < 4.78 is 0. The maximum atomic E-state index is 11.5. The number of fused-ring (bicyclic) bond motifs is 1. The summed E-state index contributed by atoms with van der Waals surface area (Å²) in [5.41, 5.74) is -0.0398. The Morgan fingerprint density at radius 1 is 1.41 bits per heavy atom. The highest BCUT2D eigenvalue weighted by Crippen LogP contribution is 2.28. The number of aromatic amines is 1. The second-order valence-corrected chi connectivity index (χ2v) is 4.99. The molecule has 2 atom stereocenters. The van der Waals surface area contributed by atoms with Crippen molar-refractivity contribution in [1.82, 2.24) is 15.3 Å². The number of hydrogen-bond acceptors (Lipinski definition) is 4. The van der Waals surface area contributed by atoms with Gasteiger partial charge in [-0.25, -0.2) is 4.98 Å². The lowest BCUT2D eigenvalue weighted by atomic mass is 10.0. The molecule has 5 heteroatoms. The maximum absolute atomic E-state index is 11.5. The fourth-order valence-corrected chi connectivity index (χ4v) is 2.87. The quantitative estimate of drug-likeness (QED) is 0.755. The van der Waals surface area contributed by atoms with Crippen molar-refractivity contribution in [3.63, 3.8) is 0 Å². The van der Waals surface area contributed by atoms with E-state index in [1.54, 1.807) is 6.07 Å². The van der Waals surface area contributed by atoms with Gasteiger partial charge in [-0.2, -0.15) is 0 Å². The van der Waals surface area contributed by atoms with Gasteiger partial charge < -0.3 is 15.2 Å². The molecule has 5 nitrogen and oxygen atoms in total. The van der Waals surface area contributed by atoms with Crippen molar-refractivity contribution < 1.29 is 0 Å². The van der Waals surface area contributed by atoms with E-state index in [4.69, 9.17) is 0 Å². The minimum atomic E-state index is -0.0398. The molecule has 17 heavy (non-hydrogen) atoms. The molecule has 0 saturated carbocycles. The minimum Gasteiger partial charge on any atom is -0.356 e. The van der Waals surface area contributed by atoms with E-state index in [9.17, 15) is 4.79 Å². The van der Waals surface area contributed by atoms with E-state index in [-0.39, 0.29) is 5.56 Å². The number of hydrogen-bond donors (Lipinski definition) is 2. The molecule has 2 saturated heterocycles. The summed E-state index contributed by atoms with van der Waals surface area (Å²) in [5.74, 6) is 3.07. The standard InChI is InChI=1S/C12H18N4O/c1-2-10-14-11(3-12(17)15-10)16-6-8-4-13-5-9(8)7-16/h3,8-9,13H,2,4-7H2,1H3,(H,14,15,17). The average molecular weight is 234 g/mol. The summed E-state index contributed by atoms with van der Waals surface area (Å²) in [6.45, 7) is 6.26. The number of H-pyrrole nitrogens is 1. The lowest BCUT2D eigenvalue weighted by Gasteiger charge is -2.18. The number of anilines is 1. The van der Waals surface area contributed by atoms with Crippen molar-refractivity contribution in [2.24, 2.45) is 11.8 Å². The molecule has 0 aromatic carbocycles. The number of rotatable bonds is 2. The first-order valence-electron chi connectivity index (χ1n) is 6.32. The van der Waals surface area contributed by atoms with Crippen molar-refractivity contribution in [3.05, 3.63) is 22.2 Å². The van der Waals surface area contributed by atoms with Crippen LogP contribution in [0.15, 0.2) is 10.9 Å². The van der Waals surface area contributed by atoms with Gasteiger partial charge in [-0.1, -0.05) is 6.92 Å². The highest BCUT2D eigenvalue weighted by Gasteiger charge is 2.36. The number of nitrogens with one attached hydrogen (secondary N) is 2. The lowest BCUT2D eigenvalue weighted by molar-refractivity contribution is 0.533. The Kier molecular flexibility index (Phi) is 2.63. The molecular formula is C12H18N4O. The predicted molar refractivity (Wildman–Crippen MR) is 66.3 cm³/mol. The van der Waals surface area contributed by atoms with E-state index in [0.29, 0.717) is 0 Å². The third-order valence-corrected chi connectivity index (χ3v) is 3.83. The number of aryl methyl sites for hydroxylation is 1. The summed E-state index contributed by atoms with van der Waals surface area (Å²) in [7, 11) is 0. The first-order chi connectivity index (χ1) is 8.26. The molecule has 92 valence electrons. The highest BCUT2D eigenvalue weighted by atomic mass is 16.1. The zero-order chi connectivity index (χ0) is 11.8. The molecule has 0 bridgehead atoms. The van der Waals surface area contributed by atoms with Gasteiger partial charge >= 0.3 is 0 Å². The zero-order valence-corrected chi connectivity index (χ0v) is 10.1. The van der Waals surface area contributed by atoms with Crippen molar-refractivity contribution in [1.29, 1.82) is 0 Å². The van der Waals surface area contributed by atoms with Crippen LogP contribution < -0.4 is 15.8 Å². The predicted octanol–water partition coefficient (Wildman–Crippen LogP) is -0.0121. The summed E-state index contributed by atoms with van der Waals surface area (Å²) in [5, 5.41) is 3.42. The normalized spacial score (nSPS) is 27.5. The van der Waals surface area contributed by atoms with E-state index in [1.165, 1.54) is 0 Å². The molecule has 2 unspecified atom stereocenters. The summed E-state index contributed by atoms with van der Waals surface area (Å²) in [6, 6.07) is 1.62. The Labute approximate surface area is 100 Å². The fourth-order valence-electron chi connectivity index (χ4n) is 2.87. The third kappa shape index (κ3) is 1.95. The van der Waals surface area contributed by atoms with Crippen LogP contribution in [0.1, 0.15) is 12.7 Å². The van der Waals surface area contributed by atoms with Crippen LogP contribution in [0.3, 0.4) is 0 Å². The van der Waals surface area contributed by atoms with Gasteiger partial charge in [0.15, 0.2) is 0 Å². The smallest absolute Gasteiger partial charge is 0.252 e. The van der Waals surface area contributed by atoms with Crippen molar-refractivity contribution in [2.45, 2.75) is 13.3 Å². The van der Waals surface area contributed by atoms with Crippen LogP contribution in [0, 0.1) is 11.8 Å². The molecule has 0 amide bonds. The van der Waals surface area contributed by atoms with E-state index in [0.717, 1.165) is 56.1 Å². The Morgan fingerprint density at radius 2 is 2.12 bits per heavy atom. The van der Waals surface area contributed by atoms with Gasteiger partial charge in [-0.15, -0.1) is 0 Å². The van der Waals surface area contributed by atoms with Crippen LogP contribution in [-0.4, -0.2) is 36.1 Å². The highest BCUT2D eigenvalue weighted by molar-refractivity contribution is 5.39. The van der Waals surface area contributed by atoms with Crippen molar-refractivity contribution in [2.75, 3.05) is 31.1 Å². The fraction of sp³-hybridized carbons (Fsp3) is 0.667. The van der Waals surface area contributed by atoms with Crippen molar-refractivity contribution >= 4 is 5.82 Å². The molecule has 0 aliphatic carbocycles. The molecule has 2 aliphatic heterocycles. The van der Waals surface area contributed by atoms with Crippen LogP contribution >= 0.6 is 0 Å². The second kappa shape index (κ2) is 4.14. The van der Waals surface area contributed by atoms with Gasteiger partial charge in [0.25, 0.3) is 5.56 Å².